The van der Waals surface area contributed by atoms with Crippen molar-refractivity contribution in [3.63, 3.8) is 0 Å². The van der Waals surface area contributed by atoms with Gasteiger partial charge < -0.3 is 15.0 Å². The number of imidazole rings is 1. The summed E-state index contributed by atoms with van der Waals surface area (Å²) in [4.78, 5) is 4.14. The first-order chi connectivity index (χ1) is 9.33. The number of benzene rings is 1. The highest BCUT2D eigenvalue weighted by Gasteiger charge is 2.27. The van der Waals surface area contributed by atoms with E-state index in [0.717, 1.165) is 6.54 Å². The van der Waals surface area contributed by atoms with Crippen LogP contribution in [0.5, 0.6) is 5.75 Å². The summed E-state index contributed by atoms with van der Waals surface area (Å²) in [7, 11) is 0. The third-order valence-electron chi connectivity index (χ3n) is 3.89. The average Bonchev–Trinajstić information content (AvgIpc) is 3.08. The lowest BCUT2D eigenvalue weighted by Crippen LogP contribution is -2.33. The molecule has 0 spiro atoms. The average molecular weight is 257 g/mol. The van der Waals surface area contributed by atoms with E-state index in [1.54, 1.807) is 12.1 Å². The van der Waals surface area contributed by atoms with Crippen LogP contribution in [-0.4, -0.2) is 20.7 Å². The SMILES string of the molecule is Oc1ccc(CNC2CCCC2n2ccnc2)cc1. The number of hydrogen-bond donors (Lipinski definition) is 2. The van der Waals surface area contributed by atoms with E-state index < -0.39 is 0 Å². The zero-order chi connectivity index (χ0) is 13.1. The van der Waals surface area contributed by atoms with Crippen molar-refractivity contribution >= 4 is 0 Å². The highest BCUT2D eigenvalue weighted by molar-refractivity contribution is 5.25. The second-order valence-electron chi connectivity index (χ2n) is 5.16. The van der Waals surface area contributed by atoms with Crippen LogP contribution in [0.4, 0.5) is 0 Å². The molecule has 4 nitrogen and oxygen atoms in total. The number of phenols is 1. The van der Waals surface area contributed by atoms with Gasteiger partial charge in [0.25, 0.3) is 0 Å². The second-order valence-corrected chi connectivity index (χ2v) is 5.16. The summed E-state index contributed by atoms with van der Waals surface area (Å²) in [6, 6.07) is 8.41. The van der Waals surface area contributed by atoms with Gasteiger partial charge >= 0.3 is 0 Å². The summed E-state index contributed by atoms with van der Waals surface area (Å²) in [5.41, 5.74) is 1.20. The first-order valence-corrected chi connectivity index (χ1v) is 6.81. The van der Waals surface area contributed by atoms with Gasteiger partial charge in [-0.15, -0.1) is 0 Å². The highest BCUT2D eigenvalue weighted by Crippen LogP contribution is 2.30. The van der Waals surface area contributed by atoms with Crippen LogP contribution in [0.15, 0.2) is 43.0 Å². The second kappa shape index (κ2) is 5.45. The first kappa shape index (κ1) is 12.2. The summed E-state index contributed by atoms with van der Waals surface area (Å²) >= 11 is 0. The fourth-order valence-corrected chi connectivity index (χ4v) is 2.86. The van der Waals surface area contributed by atoms with Crippen LogP contribution in [0.1, 0.15) is 30.9 Å². The molecule has 1 aromatic heterocycles. The summed E-state index contributed by atoms with van der Waals surface area (Å²) in [6.45, 7) is 0.843. The minimum Gasteiger partial charge on any atom is -0.508 e. The number of aromatic hydroxyl groups is 1. The quantitative estimate of drug-likeness (QED) is 0.884. The Bertz CT molecular complexity index is 507. The number of nitrogens with one attached hydrogen (secondary N) is 1. The number of nitrogens with zero attached hydrogens (tertiary/aromatic N) is 2. The molecule has 1 aromatic carbocycles. The minimum atomic E-state index is 0.320. The van der Waals surface area contributed by atoms with E-state index in [1.165, 1.54) is 24.8 Å². The van der Waals surface area contributed by atoms with E-state index >= 15 is 0 Å². The molecular weight excluding hydrogens is 238 g/mol. The summed E-state index contributed by atoms with van der Waals surface area (Å²) < 4.78 is 2.21. The Hall–Kier alpha value is -1.81. The maximum atomic E-state index is 9.27. The molecule has 0 amide bonds. The van der Waals surface area contributed by atoms with Crippen LogP contribution in [0.3, 0.4) is 0 Å². The maximum Gasteiger partial charge on any atom is 0.115 e. The van der Waals surface area contributed by atoms with Gasteiger partial charge in [0.15, 0.2) is 0 Å². The molecule has 0 saturated heterocycles. The molecule has 3 rings (SSSR count). The lowest BCUT2D eigenvalue weighted by Gasteiger charge is -2.22. The molecule has 1 saturated carbocycles. The smallest absolute Gasteiger partial charge is 0.115 e. The van der Waals surface area contributed by atoms with Crippen LogP contribution < -0.4 is 5.32 Å². The largest absolute Gasteiger partial charge is 0.508 e. The predicted octanol–water partition coefficient (Wildman–Crippen LogP) is 2.47. The molecule has 2 atom stereocenters. The van der Waals surface area contributed by atoms with Gasteiger partial charge in [0, 0.05) is 31.0 Å². The highest BCUT2D eigenvalue weighted by atomic mass is 16.3. The van der Waals surface area contributed by atoms with E-state index in [2.05, 4.69) is 14.9 Å². The van der Waals surface area contributed by atoms with Crippen molar-refractivity contribution in [2.75, 3.05) is 0 Å². The van der Waals surface area contributed by atoms with Crippen molar-refractivity contribution in [3.05, 3.63) is 48.5 Å². The van der Waals surface area contributed by atoms with Crippen LogP contribution >= 0.6 is 0 Å². The third-order valence-corrected chi connectivity index (χ3v) is 3.89. The zero-order valence-corrected chi connectivity index (χ0v) is 10.9. The van der Waals surface area contributed by atoms with Gasteiger partial charge in [-0.05, 0) is 37.0 Å². The standard InChI is InChI=1S/C15H19N3O/c19-13-6-4-12(5-7-13)10-17-14-2-1-3-15(14)18-9-8-16-11-18/h4-9,11,14-15,17,19H,1-3,10H2. The number of hydrogen-bond acceptors (Lipinski definition) is 3. The molecule has 1 heterocycles. The van der Waals surface area contributed by atoms with Gasteiger partial charge in [0.1, 0.15) is 5.75 Å². The molecule has 0 aliphatic heterocycles. The normalized spacial score (nSPS) is 22.7. The molecule has 4 heteroatoms. The Morgan fingerprint density at radius 2 is 2.11 bits per heavy atom. The van der Waals surface area contributed by atoms with E-state index in [4.69, 9.17) is 0 Å². The van der Waals surface area contributed by atoms with Crippen LogP contribution in [0.2, 0.25) is 0 Å². The predicted molar refractivity (Wildman–Crippen MR) is 73.8 cm³/mol. The van der Waals surface area contributed by atoms with Crippen molar-refractivity contribution in [2.24, 2.45) is 0 Å². The van der Waals surface area contributed by atoms with Crippen molar-refractivity contribution in [1.82, 2.24) is 14.9 Å². The molecule has 2 N–H and O–H groups in total. The lowest BCUT2D eigenvalue weighted by atomic mass is 10.1. The van der Waals surface area contributed by atoms with E-state index in [-0.39, 0.29) is 0 Å². The van der Waals surface area contributed by atoms with Gasteiger partial charge in [-0.1, -0.05) is 12.1 Å². The van der Waals surface area contributed by atoms with Crippen molar-refractivity contribution < 1.29 is 5.11 Å². The van der Waals surface area contributed by atoms with E-state index in [0.29, 0.717) is 17.8 Å². The summed E-state index contributed by atoms with van der Waals surface area (Å²) in [5, 5.41) is 12.9. The molecule has 1 aliphatic rings. The molecule has 19 heavy (non-hydrogen) atoms. The molecule has 0 bridgehead atoms. The summed E-state index contributed by atoms with van der Waals surface area (Å²) in [5.74, 6) is 0.320. The van der Waals surface area contributed by atoms with Crippen LogP contribution in [-0.2, 0) is 6.54 Å². The van der Waals surface area contributed by atoms with Crippen LogP contribution in [0.25, 0.3) is 0 Å². The van der Waals surface area contributed by atoms with Crippen LogP contribution in [0, 0.1) is 0 Å². The topological polar surface area (TPSA) is 50.1 Å². The molecule has 1 fully saturated rings. The number of aromatic nitrogens is 2. The molecular formula is C15H19N3O. The minimum absolute atomic E-state index is 0.320. The lowest BCUT2D eigenvalue weighted by molar-refractivity contribution is 0.390. The molecule has 100 valence electrons. The Balaban J connectivity index is 1.61. The fraction of sp³-hybridized carbons (Fsp3) is 0.400. The summed E-state index contributed by atoms with van der Waals surface area (Å²) in [6.07, 6.45) is 9.48. The number of phenolic OH excluding ortho intramolecular Hbond substituents is 1. The Kier molecular flexibility index (Phi) is 3.51. The molecule has 2 aromatic rings. The monoisotopic (exact) mass is 257 g/mol. The van der Waals surface area contributed by atoms with Crippen molar-refractivity contribution in [3.8, 4) is 5.75 Å². The first-order valence-electron chi connectivity index (χ1n) is 6.81. The fourth-order valence-electron chi connectivity index (χ4n) is 2.86. The molecule has 0 radical (unpaired) electrons. The van der Waals surface area contributed by atoms with E-state index in [9.17, 15) is 5.11 Å². The van der Waals surface area contributed by atoms with Crippen molar-refractivity contribution in [2.45, 2.75) is 37.9 Å². The Morgan fingerprint density at radius 3 is 2.84 bits per heavy atom. The van der Waals surface area contributed by atoms with Crippen molar-refractivity contribution in [1.29, 1.82) is 0 Å². The van der Waals surface area contributed by atoms with Gasteiger partial charge in [0.05, 0.1) is 6.33 Å². The zero-order valence-electron chi connectivity index (χ0n) is 10.9. The number of rotatable bonds is 4. The van der Waals surface area contributed by atoms with Gasteiger partial charge in [0.2, 0.25) is 0 Å². The van der Waals surface area contributed by atoms with E-state index in [1.807, 2.05) is 30.9 Å². The third kappa shape index (κ3) is 2.79. The Labute approximate surface area is 113 Å². The Morgan fingerprint density at radius 1 is 1.26 bits per heavy atom. The maximum absolute atomic E-state index is 9.27. The molecule has 1 aliphatic carbocycles. The van der Waals surface area contributed by atoms with Gasteiger partial charge in [-0.25, -0.2) is 4.98 Å². The molecule has 2 unspecified atom stereocenters. The van der Waals surface area contributed by atoms with Gasteiger partial charge in [-0.3, -0.25) is 0 Å². The van der Waals surface area contributed by atoms with Gasteiger partial charge in [-0.2, -0.15) is 0 Å².